The lowest BCUT2D eigenvalue weighted by atomic mass is 10.1. The van der Waals surface area contributed by atoms with Crippen molar-refractivity contribution in [1.82, 2.24) is 14.9 Å². The summed E-state index contributed by atoms with van der Waals surface area (Å²) in [7, 11) is 1.73. The number of carbonyl (C=O) groups excluding carboxylic acids is 1. The summed E-state index contributed by atoms with van der Waals surface area (Å²) in [5.41, 5.74) is 3.30. The normalized spacial score (nSPS) is 10.7. The first-order valence-corrected chi connectivity index (χ1v) is 7.35. The van der Waals surface area contributed by atoms with E-state index < -0.39 is 0 Å². The Morgan fingerprint density at radius 2 is 2.19 bits per heavy atom. The fourth-order valence-electron chi connectivity index (χ4n) is 2.21. The van der Waals surface area contributed by atoms with Gasteiger partial charge in [0, 0.05) is 24.5 Å². The van der Waals surface area contributed by atoms with Gasteiger partial charge in [0.15, 0.2) is 0 Å². The molecule has 0 spiro atoms. The number of hydrogen-bond donors (Lipinski definition) is 1. The smallest absolute Gasteiger partial charge is 0.271 e. The summed E-state index contributed by atoms with van der Waals surface area (Å²) in [6.07, 6.45) is 0. The molecule has 0 saturated heterocycles. The number of aryl methyl sites for hydroxylation is 1. The van der Waals surface area contributed by atoms with E-state index in [4.69, 9.17) is 0 Å². The van der Waals surface area contributed by atoms with Gasteiger partial charge in [-0.05, 0) is 17.5 Å². The fraction of sp³-hybridized carbons (Fsp3) is 0.133. The highest BCUT2D eigenvalue weighted by Crippen LogP contribution is 2.12. The number of nitrogens with zero attached hydrogens (tertiary/aromatic N) is 2. The molecule has 21 heavy (non-hydrogen) atoms. The van der Waals surface area contributed by atoms with Gasteiger partial charge in [-0.2, -0.15) is 0 Å². The maximum absolute atomic E-state index is 12.3. The Hall–Kier alpha value is -2.47. The molecule has 1 N–H and O–H groups in total. The third-order valence-electron chi connectivity index (χ3n) is 3.31. The Morgan fingerprint density at radius 3 is 2.95 bits per heavy atom. The van der Waals surface area contributed by atoms with Gasteiger partial charge in [-0.1, -0.05) is 18.2 Å². The maximum Gasteiger partial charge on any atom is 0.271 e. The largest absolute Gasteiger partial charge is 0.346 e. The van der Waals surface area contributed by atoms with Crippen LogP contribution in [0.25, 0.3) is 10.9 Å². The zero-order valence-electron chi connectivity index (χ0n) is 11.4. The summed E-state index contributed by atoms with van der Waals surface area (Å²) < 4.78 is 1.60. The van der Waals surface area contributed by atoms with Crippen molar-refractivity contribution in [1.29, 1.82) is 0 Å². The van der Waals surface area contributed by atoms with Crippen molar-refractivity contribution in [2.45, 2.75) is 6.54 Å². The van der Waals surface area contributed by atoms with Gasteiger partial charge in [-0.25, -0.2) is 4.98 Å². The number of pyridine rings is 1. The second-order valence-electron chi connectivity index (χ2n) is 4.65. The van der Waals surface area contributed by atoms with Gasteiger partial charge in [-0.3, -0.25) is 9.59 Å². The van der Waals surface area contributed by atoms with E-state index in [0.717, 1.165) is 10.9 Å². The van der Waals surface area contributed by atoms with Crippen LogP contribution in [-0.4, -0.2) is 15.5 Å². The van der Waals surface area contributed by atoms with Crippen LogP contribution < -0.4 is 10.9 Å². The fourth-order valence-corrected chi connectivity index (χ4v) is 2.74. The van der Waals surface area contributed by atoms with Crippen molar-refractivity contribution in [3.63, 3.8) is 0 Å². The van der Waals surface area contributed by atoms with E-state index in [1.807, 2.05) is 30.3 Å². The first kappa shape index (κ1) is 13.5. The second kappa shape index (κ2) is 5.49. The minimum atomic E-state index is -0.272. The number of benzene rings is 1. The highest BCUT2D eigenvalue weighted by Gasteiger charge is 2.10. The molecule has 0 fully saturated rings. The first-order chi connectivity index (χ1) is 10.2. The number of thiazole rings is 1. The summed E-state index contributed by atoms with van der Waals surface area (Å²) in [5.74, 6) is -0.272. The van der Waals surface area contributed by atoms with Crippen molar-refractivity contribution in [2.75, 3.05) is 0 Å². The molecule has 0 saturated carbocycles. The predicted octanol–water partition coefficient (Wildman–Crippen LogP) is 1.92. The van der Waals surface area contributed by atoms with Crippen LogP contribution in [-0.2, 0) is 13.6 Å². The van der Waals surface area contributed by atoms with Crippen LogP contribution >= 0.6 is 11.3 Å². The molecular formula is C15H13N3O2S. The number of aromatic nitrogens is 2. The second-order valence-corrected chi connectivity index (χ2v) is 5.37. The van der Waals surface area contributed by atoms with E-state index in [1.165, 1.54) is 11.3 Å². The molecule has 0 radical (unpaired) electrons. The molecular weight excluding hydrogens is 286 g/mol. The minimum Gasteiger partial charge on any atom is -0.346 e. The molecule has 3 rings (SSSR count). The highest BCUT2D eigenvalue weighted by atomic mass is 32.1. The Kier molecular flexibility index (Phi) is 3.53. The number of fused-ring (bicyclic) bond motifs is 1. The topological polar surface area (TPSA) is 64.0 Å². The van der Waals surface area contributed by atoms with Gasteiger partial charge in [-0.15, -0.1) is 11.3 Å². The molecule has 2 heterocycles. The van der Waals surface area contributed by atoms with Crippen molar-refractivity contribution >= 4 is 28.1 Å². The first-order valence-electron chi connectivity index (χ1n) is 6.41. The third kappa shape index (κ3) is 2.57. The van der Waals surface area contributed by atoms with E-state index in [0.29, 0.717) is 11.3 Å². The molecule has 0 bridgehead atoms. The lowest BCUT2D eigenvalue weighted by molar-refractivity contribution is 0.0946. The number of hydrogen-bond acceptors (Lipinski definition) is 4. The standard InChI is InChI=1S/C15H13N3O2S/c1-18-13-5-3-2-4-10(13)6-11(15(18)20)7-16-14(19)12-8-21-9-17-12/h2-6,8-9H,7H2,1H3,(H,16,19). The van der Waals surface area contributed by atoms with Gasteiger partial charge >= 0.3 is 0 Å². The number of amides is 1. The summed E-state index contributed by atoms with van der Waals surface area (Å²) in [6.45, 7) is 0.188. The summed E-state index contributed by atoms with van der Waals surface area (Å²) >= 11 is 1.36. The lowest BCUT2D eigenvalue weighted by Gasteiger charge is -2.09. The van der Waals surface area contributed by atoms with E-state index in [-0.39, 0.29) is 18.0 Å². The number of rotatable bonds is 3. The minimum absolute atomic E-state index is 0.104. The number of nitrogens with one attached hydrogen (secondary N) is 1. The zero-order valence-corrected chi connectivity index (χ0v) is 12.2. The van der Waals surface area contributed by atoms with Gasteiger partial charge < -0.3 is 9.88 Å². The molecule has 6 heteroatoms. The lowest BCUT2D eigenvalue weighted by Crippen LogP contribution is -2.29. The molecule has 3 aromatic rings. The van der Waals surface area contributed by atoms with Gasteiger partial charge in [0.2, 0.25) is 0 Å². The third-order valence-corrected chi connectivity index (χ3v) is 3.90. The molecule has 1 aromatic carbocycles. The molecule has 0 atom stereocenters. The summed E-state index contributed by atoms with van der Waals surface area (Å²) in [4.78, 5) is 28.1. The molecule has 5 nitrogen and oxygen atoms in total. The molecule has 2 aromatic heterocycles. The van der Waals surface area contributed by atoms with Crippen LogP contribution in [0.15, 0.2) is 46.0 Å². The van der Waals surface area contributed by atoms with Crippen molar-refractivity contribution in [3.05, 3.63) is 62.8 Å². The molecule has 0 aliphatic rings. The van der Waals surface area contributed by atoms with Crippen LogP contribution in [0, 0.1) is 0 Å². The molecule has 0 aliphatic carbocycles. The van der Waals surface area contributed by atoms with Crippen LogP contribution in [0.5, 0.6) is 0 Å². The van der Waals surface area contributed by atoms with Crippen LogP contribution in [0.2, 0.25) is 0 Å². The quantitative estimate of drug-likeness (QED) is 0.803. The van der Waals surface area contributed by atoms with E-state index in [9.17, 15) is 9.59 Å². The summed E-state index contributed by atoms with van der Waals surface area (Å²) in [5, 5.41) is 5.37. The van der Waals surface area contributed by atoms with Crippen molar-refractivity contribution < 1.29 is 4.79 Å². The van der Waals surface area contributed by atoms with E-state index >= 15 is 0 Å². The predicted molar refractivity (Wildman–Crippen MR) is 82.5 cm³/mol. The van der Waals surface area contributed by atoms with E-state index in [1.54, 1.807) is 22.5 Å². The molecule has 1 amide bonds. The Balaban J connectivity index is 1.89. The monoisotopic (exact) mass is 299 g/mol. The molecule has 106 valence electrons. The molecule has 0 aliphatic heterocycles. The Bertz CT molecular complexity index is 853. The van der Waals surface area contributed by atoms with Gasteiger partial charge in [0.05, 0.1) is 11.0 Å². The maximum atomic E-state index is 12.3. The van der Waals surface area contributed by atoms with Crippen molar-refractivity contribution in [3.8, 4) is 0 Å². The summed E-state index contributed by atoms with van der Waals surface area (Å²) in [6, 6.07) is 9.48. The zero-order chi connectivity index (χ0) is 14.8. The average molecular weight is 299 g/mol. The average Bonchev–Trinajstić information content (AvgIpc) is 3.03. The van der Waals surface area contributed by atoms with Crippen LogP contribution in [0.4, 0.5) is 0 Å². The van der Waals surface area contributed by atoms with E-state index in [2.05, 4.69) is 10.3 Å². The van der Waals surface area contributed by atoms with Crippen LogP contribution in [0.3, 0.4) is 0 Å². The number of para-hydroxylation sites is 1. The van der Waals surface area contributed by atoms with Gasteiger partial charge in [0.25, 0.3) is 11.5 Å². The Morgan fingerprint density at radius 1 is 1.38 bits per heavy atom. The van der Waals surface area contributed by atoms with Crippen molar-refractivity contribution in [2.24, 2.45) is 7.05 Å². The van der Waals surface area contributed by atoms with Crippen LogP contribution in [0.1, 0.15) is 16.1 Å². The SMILES string of the molecule is Cn1c(=O)c(CNC(=O)c2cscn2)cc2ccccc21. The Labute approximate surface area is 124 Å². The highest BCUT2D eigenvalue weighted by molar-refractivity contribution is 7.07. The van der Waals surface area contributed by atoms with Gasteiger partial charge in [0.1, 0.15) is 5.69 Å². The molecule has 0 unspecified atom stereocenters. The number of carbonyl (C=O) groups is 1.